The highest BCUT2D eigenvalue weighted by atomic mass is 16.5. The lowest BCUT2D eigenvalue weighted by Crippen LogP contribution is -2.49. The molecule has 29 heavy (non-hydrogen) atoms. The number of carbonyl (C=O) groups excluding carboxylic acids is 2. The van der Waals surface area contributed by atoms with Gasteiger partial charge in [-0.25, -0.2) is 0 Å². The molecule has 8 nitrogen and oxygen atoms in total. The van der Waals surface area contributed by atoms with Crippen molar-refractivity contribution in [2.45, 2.75) is 32.7 Å². The number of rotatable bonds is 10. The van der Waals surface area contributed by atoms with Gasteiger partial charge in [-0.3, -0.25) is 14.6 Å². The zero-order chi connectivity index (χ0) is 20.9. The van der Waals surface area contributed by atoms with Crippen molar-refractivity contribution < 1.29 is 14.3 Å². The van der Waals surface area contributed by atoms with Crippen LogP contribution in [0.1, 0.15) is 42.1 Å². The maximum Gasteiger partial charge on any atom is 0.254 e. The molecule has 3 N–H and O–H groups in total. The number of aliphatic imine (C=N–C) groups is 1. The maximum absolute atomic E-state index is 12.5. The van der Waals surface area contributed by atoms with Crippen molar-refractivity contribution in [3.8, 4) is 0 Å². The number of hydrogen-bond acceptors (Lipinski definition) is 4. The fourth-order valence-corrected chi connectivity index (χ4v) is 2.90. The van der Waals surface area contributed by atoms with Crippen LogP contribution in [0.3, 0.4) is 0 Å². The monoisotopic (exact) mass is 403 g/mol. The van der Waals surface area contributed by atoms with Crippen LogP contribution in [-0.2, 0) is 16.1 Å². The second kappa shape index (κ2) is 12.8. The highest BCUT2D eigenvalue weighted by Crippen LogP contribution is 2.09. The van der Waals surface area contributed by atoms with E-state index < -0.39 is 0 Å². The Morgan fingerprint density at radius 3 is 2.66 bits per heavy atom. The molecular weight excluding hydrogens is 370 g/mol. The van der Waals surface area contributed by atoms with Crippen molar-refractivity contribution in [3.05, 3.63) is 35.4 Å². The molecule has 1 aromatic carbocycles. The van der Waals surface area contributed by atoms with E-state index in [9.17, 15) is 9.59 Å². The third-order valence-corrected chi connectivity index (χ3v) is 4.61. The van der Waals surface area contributed by atoms with Gasteiger partial charge in [0.05, 0.1) is 6.54 Å². The lowest BCUT2D eigenvalue weighted by Gasteiger charge is -2.26. The van der Waals surface area contributed by atoms with Crippen LogP contribution in [0.15, 0.2) is 29.3 Å². The number of hydrogen-bond donors (Lipinski definition) is 3. The Morgan fingerprint density at radius 2 is 1.97 bits per heavy atom. The summed E-state index contributed by atoms with van der Waals surface area (Å²) in [6.45, 7) is 6.29. The number of carbonyl (C=O) groups is 2. The Hall–Kier alpha value is -2.61. The molecule has 0 atom stereocenters. The summed E-state index contributed by atoms with van der Waals surface area (Å²) in [5.74, 6) is 0.507. The van der Waals surface area contributed by atoms with E-state index in [-0.39, 0.29) is 18.4 Å². The van der Waals surface area contributed by atoms with Gasteiger partial charge in [0.15, 0.2) is 5.96 Å². The van der Waals surface area contributed by atoms with Crippen molar-refractivity contribution in [3.63, 3.8) is 0 Å². The summed E-state index contributed by atoms with van der Waals surface area (Å²) in [7, 11) is 1.74. The SMILES string of the molecule is CCCCOCCCNC(=NC)NCc1ccc(C(=O)N2CCNC(=O)C2)cc1. The lowest BCUT2D eigenvalue weighted by atomic mass is 10.1. The molecule has 160 valence electrons. The molecule has 0 bridgehead atoms. The maximum atomic E-state index is 12.5. The molecular formula is C21H33N5O3. The van der Waals surface area contributed by atoms with Gasteiger partial charge in [0, 0.05) is 52.0 Å². The number of ether oxygens (including phenoxy) is 1. The largest absolute Gasteiger partial charge is 0.381 e. The van der Waals surface area contributed by atoms with Gasteiger partial charge in [-0.15, -0.1) is 0 Å². The third-order valence-electron chi connectivity index (χ3n) is 4.61. The first-order valence-corrected chi connectivity index (χ1v) is 10.3. The van der Waals surface area contributed by atoms with Crippen LogP contribution in [0.4, 0.5) is 0 Å². The fraction of sp³-hybridized carbons (Fsp3) is 0.571. The number of nitrogens with zero attached hydrogens (tertiary/aromatic N) is 2. The van der Waals surface area contributed by atoms with Gasteiger partial charge in [0.2, 0.25) is 5.91 Å². The minimum absolute atomic E-state index is 0.113. The van der Waals surface area contributed by atoms with Crippen LogP contribution in [0.5, 0.6) is 0 Å². The van der Waals surface area contributed by atoms with Gasteiger partial charge in [0.25, 0.3) is 5.91 Å². The van der Waals surface area contributed by atoms with E-state index in [0.29, 0.717) is 25.2 Å². The molecule has 1 fully saturated rings. The molecule has 8 heteroatoms. The number of benzene rings is 1. The summed E-state index contributed by atoms with van der Waals surface area (Å²) >= 11 is 0. The Kier molecular flexibility index (Phi) is 9.99. The van der Waals surface area contributed by atoms with Crippen molar-refractivity contribution >= 4 is 17.8 Å². The molecule has 1 heterocycles. The number of nitrogens with one attached hydrogen (secondary N) is 3. The molecule has 0 spiro atoms. The van der Waals surface area contributed by atoms with Crippen molar-refractivity contribution in [2.75, 3.05) is 46.4 Å². The first-order valence-electron chi connectivity index (χ1n) is 10.3. The summed E-state index contributed by atoms with van der Waals surface area (Å²) in [5.41, 5.74) is 1.64. The van der Waals surface area contributed by atoms with E-state index in [0.717, 1.165) is 50.5 Å². The summed E-state index contributed by atoms with van der Waals surface area (Å²) < 4.78 is 5.55. The Morgan fingerprint density at radius 1 is 1.21 bits per heavy atom. The molecule has 0 radical (unpaired) electrons. The summed E-state index contributed by atoms with van der Waals surface area (Å²) in [6.07, 6.45) is 3.18. The van der Waals surface area contributed by atoms with Crippen LogP contribution in [-0.4, -0.2) is 69.1 Å². The Balaban J connectivity index is 1.71. The van der Waals surface area contributed by atoms with Gasteiger partial charge in [-0.1, -0.05) is 25.5 Å². The fourth-order valence-electron chi connectivity index (χ4n) is 2.90. The highest BCUT2D eigenvalue weighted by Gasteiger charge is 2.22. The van der Waals surface area contributed by atoms with Crippen LogP contribution < -0.4 is 16.0 Å². The first kappa shape index (κ1) is 22.7. The lowest BCUT2D eigenvalue weighted by molar-refractivity contribution is -0.123. The molecule has 0 aromatic heterocycles. The Labute approximate surface area is 173 Å². The van der Waals surface area contributed by atoms with E-state index in [1.807, 2.05) is 12.1 Å². The standard InChI is InChI=1S/C21H33N5O3/c1-3-4-13-29-14-5-10-24-21(22-2)25-15-17-6-8-18(9-7-17)20(28)26-12-11-23-19(27)16-26/h6-9H,3-5,10-16H2,1-2H3,(H,23,27)(H2,22,24,25). The number of guanidine groups is 1. The predicted molar refractivity (Wildman–Crippen MR) is 114 cm³/mol. The van der Waals surface area contributed by atoms with E-state index in [1.54, 1.807) is 24.1 Å². The van der Waals surface area contributed by atoms with Crippen LogP contribution in [0.2, 0.25) is 0 Å². The molecule has 1 aromatic rings. The van der Waals surface area contributed by atoms with Gasteiger partial charge in [-0.2, -0.15) is 0 Å². The number of piperazine rings is 1. The topological polar surface area (TPSA) is 95.1 Å². The molecule has 0 unspecified atom stereocenters. The minimum atomic E-state index is -0.114. The molecule has 1 aliphatic rings. The summed E-state index contributed by atoms with van der Waals surface area (Å²) in [4.78, 5) is 29.7. The predicted octanol–water partition coefficient (Wildman–Crippen LogP) is 1.13. The smallest absolute Gasteiger partial charge is 0.254 e. The molecule has 0 aliphatic carbocycles. The third kappa shape index (κ3) is 8.11. The summed E-state index contributed by atoms with van der Waals surface area (Å²) in [5, 5.41) is 9.26. The second-order valence-corrected chi connectivity index (χ2v) is 6.95. The van der Waals surface area contributed by atoms with E-state index in [2.05, 4.69) is 27.9 Å². The van der Waals surface area contributed by atoms with Gasteiger partial charge in [0.1, 0.15) is 0 Å². The van der Waals surface area contributed by atoms with Crippen molar-refractivity contribution in [2.24, 2.45) is 4.99 Å². The van der Waals surface area contributed by atoms with Crippen LogP contribution in [0, 0.1) is 0 Å². The zero-order valence-corrected chi connectivity index (χ0v) is 17.5. The minimum Gasteiger partial charge on any atom is -0.381 e. The molecule has 1 aliphatic heterocycles. The van der Waals surface area contributed by atoms with Gasteiger partial charge < -0.3 is 25.6 Å². The quantitative estimate of drug-likeness (QED) is 0.309. The average Bonchev–Trinajstić information content (AvgIpc) is 2.75. The molecule has 2 amide bonds. The van der Waals surface area contributed by atoms with Crippen LogP contribution in [0.25, 0.3) is 0 Å². The normalized spacial score (nSPS) is 14.5. The Bertz CT molecular complexity index is 675. The van der Waals surface area contributed by atoms with Crippen molar-refractivity contribution in [1.29, 1.82) is 0 Å². The number of unbranched alkanes of at least 4 members (excludes halogenated alkanes) is 1. The van der Waals surface area contributed by atoms with Gasteiger partial charge in [-0.05, 0) is 30.5 Å². The first-order chi connectivity index (χ1) is 14.1. The van der Waals surface area contributed by atoms with E-state index >= 15 is 0 Å². The average molecular weight is 404 g/mol. The zero-order valence-electron chi connectivity index (χ0n) is 17.5. The molecule has 0 saturated carbocycles. The highest BCUT2D eigenvalue weighted by molar-refractivity contribution is 5.97. The number of amides is 2. The molecule has 2 rings (SSSR count). The second-order valence-electron chi connectivity index (χ2n) is 6.95. The van der Waals surface area contributed by atoms with Crippen LogP contribution >= 0.6 is 0 Å². The van der Waals surface area contributed by atoms with Gasteiger partial charge >= 0.3 is 0 Å². The van der Waals surface area contributed by atoms with E-state index in [1.165, 1.54) is 0 Å². The molecule has 1 saturated heterocycles. The van der Waals surface area contributed by atoms with E-state index in [4.69, 9.17) is 4.74 Å². The van der Waals surface area contributed by atoms with Crippen molar-refractivity contribution in [1.82, 2.24) is 20.9 Å². The summed E-state index contributed by atoms with van der Waals surface area (Å²) in [6, 6.07) is 7.43.